The van der Waals surface area contributed by atoms with Gasteiger partial charge in [0.2, 0.25) is 0 Å². The topological polar surface area (TPSA) is 78.9 Å². The van der Waals surface area contributed by atoms with Gasteiger partial charge < -0.3 is 14.2 Å². The molecule has 6 heteroatoms. The number of hydrogen-bond donors (Lipinski definition) is 0. The number of esters is 3. The molecule has 0 aliphatic carbocycles. The largest absolute Gasteiger partial charge is 0.462 e. The molecule has 63 heavy (non-hydrogen) atoms. The fraction of sp³-hybridized carbons (Fsp3) is 0.947. The summed E-state index contributed by atoms with van der Waals surface area (Å²) in [6.45, 7) is 11.4. The van der Waals surface area contributed by atoms with Gasteiger partial charge >= 0.3 is 17.9 Å². The Bertz CT molecular complexity index is 966. The molecule has 0 radical (unpaired) electrons. The Morgan fingerprint density at radius 2 is 0.556 bits per heavy atom. The zero-order chi connectivity index (χ0) is 46.1. The van der Waals surface area contributed by atoms with Gasteiger partial charge in [-0.25, -0.2) is 0 Å². The van der Waals surface area contributed by atoms with E-state index >= 15 is 0 Å². The fourth-order valence-corrected chi connectivity index (χ4v) is 8.63. The molecule has 6 nitrogen and oxygen atoms in total. The molecule has 0 N–H and O–H groups in total. The summed E-state index contributed by atoms with van der Waals surface area (Å²) in [5.74, 6) is 0.873. The molecule has 0 spiro atoms. The summed E-state index contributed by atoms with van der Waals surface area (Å²) in [4.78, 5) is 38.0. The highest BCUT2D eigenvalue weighted by molar-refractivity contribution is 5.71. The first-order chi connectivity index (χ1) is 30.8. The van der Waals surface area contributed by atoms with Crippen LogP contribution in [0.5, 0.6) is 0 Å². The van der Waals surface area contributed by atoms with E-state index in [1.165, 1.54) is 205 Å². The minimum atomic E-state index is -0.762. The van der Waals surface area contributed by atoms with Crippen molar-refractivity contribution in [3.8, 4) is 0 Å². The van der Waals surface area contributed by atoms with Crippen molar-refractivity contribution in [3.63, 3.8) is 0 Å². The maximum atomic E-state index is 12.8. The highest BCUT2D eigenvalue weighted by atomic mass is 16.6. The minimum Gasteiger partial charge on any atom is -0.462 e. The first-order valence-electron chi connectivity index (χ1n) is 28.3. The van der Waals surface area contributed by atoms with Crippen LogP contribution in [0.25, 0.3) is 0 Å². The van der Waals surface area contributed by atoms with E-state index in [4.69, 9.17) is 14.2 Å². The number of carbonyl (C=O) groups is 3. The number of hydrogen-bond acceptors (Lipinski definition) is 6. The second-order valence-corrected chi connectivity index (χ2v) is 20.1. The van der Waals surface area contributed by atoms with Crippen molar-refractivity contribution in [3.05, 3.63) is 0 Å². The summed E-state index contributed by atoms with van der Waals surface area (Å²) in [6.07, 6.45) is 52.4. The van der Waals surface area contributed by atoms with Gasteiger partial charge in [0.1, 0.15) is 13.2 Å². The molecular weight excluding hydrogens is 781 g/mol. The fourth-order valence-electron chi connectivity index (χ4n) is 8.63. The highest BCUT2D eigenvalue weighted by Crippen LogP contribution is 2.19. The molecule has 0 aromatic heterocycles. The summed E-state index contributed by atoms with van der Waals surface area (Å²) in [5, 5.41) is 0. The van der Waals surface area contributed by atoms with Crippen LogP contribution in [-0.2, 0) is 28.6 Å². The molecule has 0 aromatic rings. The molecule has 0 aliphatic heterocycles. The van der Waals surface area contributed by atoms with Crippen molar-refractivity contribution in [2.24, 2.45) is 11.8 Å². The number of unbranched alkanes of at least 4 members (excludes halogenated alkanes) is 34. The van der Waals surface area contributed by atoms with E-state index in [-0.39, 0.29) is 31.1 Å². The van der Waals surface area contributed by atoms with Crippen LogP contribution in [0.1, 0.15) is 317 Å². The van der Waals surface area contributed by atoms with Gasteiger partial charge in [-0.3, -0.25) is 14.4 Å². The number of rotatable bonds is 51. The van der Waals surface area contributed by atoms with Gasteiger partial charge in [-0.2, -0.15) is 0 Å². The molecular formula is C57H110O6. The Morgan fingerprint density at radius 1 is 0.317 bits per heavy atom. The second kappa shape index (κ2) is 49.8. The molecule has 0 saturated heterocycles. The van der Waals surface area contributed by atoms with E-state index < -0.39 is 6.10 Å². The van der Waals surface area contributed by atoms with Crippen molar-refractivity contribution >= 4 is 17.9 Å². The van der Waals surface area contributed by atoms with E-state index in [0.717, 1.165) is 69.6 Å². The van der Waals surface area contributed by atoms with Crippen molar-refractivity contribution in [2.45, 2.75) is 323 Å². The van der Waals surface area contributed by atoms with Gasteiger partial charge in [-0.1, -0.05) is 279 Å². The zero-order valence-electron chi connectivity index (χ0n) is 43.2. The Labute approximate surface area is 393 Å². The molecule has 374 valence electrons. The Balaban J connectivity index is 4.18. The van der Waals surface area contributed by atoms with Gasteiger partial charge in [0.15, 0.2) is 6.10 Å². The van der Waals surface area contributed by atoms with Gasteiger partial charge in [0.25, 0.3) is 0 Å². The molecule has 0 amide bonds. The lowest BCUT2D eigenvalue weighted by Crippen LogP contribution is -2.30. The summed E-state index contributed by atoms with van der Waals surface area (Å²) >= 11 is 0. The van der Waals surface area contributed by atoms with Crippen LogP contribution in [-0.4, -0.2) is 37.2 Å². The van der Waals surface area contributed by atoms with Crippen molar-refractivity contribution in [2.75, 3.05) is 13.2 Å². The average Bonchev–Trinajstić information content (AvgIpc) is 3.28. The van der Waals surface area contributed by atoms with Gasteiger partial charge in [-0.15, -0.1) is 0 Å². The lowest BCUT2D eigenvalue weighted by Gasteiger charge is -2.18. The number of carbonyl (C=O) groups excluding carboxylic acids is 3. The molecule has 0 aromatic carbocycles. The SMILES string of the molecule is CCCCCCCCCCCCCCCC(=O)OC[C@@H](COC(=O)CCCCCCCCCCCCCCCCCCCCC(C)CC)OC(=O)CCCCCCCCC(C)CC. The second-order valence-electron chi connectivity index (χ2n) is 20.1. The molecule has 0 rings (SSSR count). The van der Waals surface area contributed by atoms with Crippen LogP contribution in [0.15, 0.2) is 0 Å². The maximum Gasteiger partial charge on any atom is 0.306 e. The standard InChI is InChI=1S/C57H110O6/c1-6-9-10-11-12-13-14-21-25-28-31-37-42-47-55(58)61-50-54(63-57(60)49-44-39-34-33-36-41-46-53(5)8-3)51-62-56(59)48-43-38-32-29-26-23-20-18-16-15-17-19-22-24-27-30-35-40-45-52(4)7-2/h52-54H,6-51H2,1-5H3/t52?,53?,54-/m0/s1. The van der Waals surface area contributed by atoms with Crippen LogP contribution in [0.4, 0.5) is 0 Å². The molecule has 0 fully saturated rings. The Hall–Kier alpha value is -1.59. The summed E-state index contributed by atoms with van der Waals surface area (Å²) < 4.78 is 16.8. The van der Waals surface area contributed by atoms with Crippen LogP contribution in [0.2, 0.25) is 0 Å². The summed E-state index contributed by atoms with van der Waals surface area (Å²) in [7, 11) is 0. The van der Waals surface area contributed by atoms with Crippen molar-refractivity contribution in [1.29, 1.82) is 0 Å². The third-order valence-electron chi connectivity index (χ3n) is 13.7. The van der Waals surface area contributed by atoms with Crippen LogP contribution >= 0.6 is 0 Å². The van der Waals surface area contributed by atoms with Crippen molar-refractivity contribution < 1.29 is 28.6 Å². The van der Waals surface area contributed by atoms with E-state index in [0.29, 0.717) is 19.3 Å². The Kier molecular flexibility index (Phi) is 48.6. The van der Waals surface area contributed by atoms with Crippen LogP contribution in [0, 0.1) is 11.8 Å². The molecule has 0 saturated carbocycles. The highest BCUT2D eigenvalue weighted by Gasteiger charge is 2.19. The smallest absolute Gasteiger partial charge is 0.306 e. The third-order valence-corrected chi connectivity index (χ3v) is 13.7. The van der Waals surface area contributed by atoms with E-state index in [9.17, 15) is 14.4 Å². The zero-order valence-corrected chi connectivity index (χ0v) is 43.2. The summed E-state index contributed by atoms with van der Waals surface area (Å²) in [5.41, 5.74) is 0. The van der Waals surface area contributed by atoms with Gasteiger partial charge in [-0.05, 0) is 31.1 Å². The molecule has 0 bridgehead atoms. The average molecular weight is 892 g/mol. The lowest BCUT2D eigenvalue weighted by atomic mass is 9.99. The predicted octanol–water partition coefficient (Wildman–Crippen LogP) is 18.5. The van der Waals surface area contributed by atoms with Crippen LogP contribution < -0.4 is 0 Å². The molecule has 2 unspecified atom stereocenters. The van der Waals surface area contributed by atoms with E-state index in [2.05, 4.69) is 34.6 Å². The molecule has 0 heterocycles. The molecule has 0 aliphatic rings. The molecule has 3 atom stereocenters. The third kappa shape index (κ3) is 48.2. The van der Waals surface area contributed by atoms with E-state index in [1.54, 1.807) is 0 Å². The lowest BCUT2D eigenvalue weighted by molar-refractivity contribution is -0.167. The normalized spacial score (nSPS) is 12.9. The Morgan fingerprint density at radius 3 is 0.825 bits per heavy atom. The number of ether oxygens (including phenoxy) is 3. The quantitative estimate of drug-likeness (QED) is 0.0344. The van der Waals surface area contributed by atoms with Crippen LogP contribution in [0.3, 0.4) is 0 Å². The van der Waals surface area contributed by atoms with Gasteiger partial charge in [0.05, 0.1) is 0 Å². The monoisotopic (exact) mass is 891 g/mol. The van der Waals surface area contributed by atoms with Crippen molar-refractivity contribution in [1.82, 2.24) is 0 Å². The minimum absolute atomic E-state index is 0.0640. The first kappa shape index (κ1) is 61.4. The predicted molar refractivity (Wildman–Crippen MR) is 270 cm³/mol. The first-order valence-corrected chi connectivity index (χ1v) is 28.3. The maximum absolute atomic E-state index is 12.8. The summed E-state index contributed by atoms with van der Waals surface area (Å²) in [6, 6.07) is 0. The van der Waals surface area contributed by atoms with Gasteiger partial charge in [0, 0.05) is 19.3 Å². The van der Waals surface area contributed by atoms with E-state index in [1.807, 2.05) is 0 Å².